The van der Waals surface area contributed by atoms with Crippen molar-refractivity contribution in [2.24, 2.45) is 0 Å². The van der Waals surface area contributed by atoms with Crippen LogP contribution in [0.4, 0.5) is 31.0 Å². The fraction of sp³-hybridized carbons (Fsp3) is 0. The standard InChI is InChI=1S/C16H4F6.FH/c17-7-4-2-5-1-3-6-9-8(5)10(7)13(19)14(20)11(9)15(21)16(22)12(6)18;/h1-4H;1H. The number of halogens is 7. The van der Waals surface area contributed by atoms with Gasteiger partial charge < -0.3 is 0 Å². The zero-order chi connectivity index (χ0) is 15.8. The maximum absolute atomic E-state index is 14.1. The average Bonchev–Trinajstić information content (AvgIpc) is 2.51. The highest BCUT2D eigenvalue weighted by Crippen LogP contribution is 2.41. The zero-order valence-corrected chi connectivity index (χ0v) is 11.0. The van der Waals surface area contributed by atoms with Gasteiger partial charge in [0.1, 0.15) is 5.82 Å². The molecule has 4 aromatic rings. The SMILES string of the molecule is F.Fc1c(F)c2ccc3ccc(F)c4c(F)c(F)c(c1F)c2c34. The van der Waals surface area contributed by atoms with Crippen molar-refractivity contribution in [2.75, 3.05) is 0 Å². The minimum atomic E-state index is -1.90. The minimum absolute atomic E-state index is 0. The predicted molar refractivity (Wildman–Crippen MR) is 72.4 cm³/mol. The van der Waals surface area contributed by atoms with E-state index in [2.05, 4.69) is 0 Å². The highest BCUT2D eigenvalue weighted by atomic mass is 19.2. The molecule has 0 radical (unpaired) electrons. The van der Waals surface area contributed by atoms with Crippen LogP contribution in [0.5, 0.6) is 0 Å². The maximum Gasteiger partial charge on any atom is 0.195 e. The van der Waals surface area contributed by atoms with Crippen LogP contribution in [0, 0.1) is 34.9 Å². The van der Waals surface area contributed by atoms with Gasteiger partial charge in [0.2, 0.25) is 0 Å². The third kappa shape index (κ3) is 1.67. The third-order valence-corrected chi connectivity index (χ3v) is 3.86. The van der Waals surface area contributed by atoms with E-state index in [0.29, 0.717) is 0 Å². The Kier molecular flexibility index (Phi) is 3.14. The van der Waals surface area contributed by atoms with Gasteiger partial charge in [0.15, 0.2) is 29.1 Å². The molecule has 23 heavy (non-hydrogen) atoms. The van der Waals surface area contributed by atoms with E-state index in [0.717, 1.165) is 12.1 Å². The zero-order valence-electron chi connectivity index (χ0n) is 11.0. The van der Waals surface area contributed by atoms with Gasteiger partial charge in [-0.15, -0.1) is 0 Å². The molecular weight excluding hydrogens is 325 g/mol. The molecule has 0 heterocycles. The summed E-state index contributed by atoms with van der Waals surface area (Å²) in [5, 5.41) is -2.45. The van der Waals surface area contributed by atoms with Crippen LogP contribution in [-0.4, -0.2) is 0 Å². The van der Waals surface area contributed by atoms with Crippen LogP contribution in [-0.2, 0) is 0 Å². The van der Waals surface area contributed by atoms with Crippen LogP contribution in [0.2, 0.25) is 0 Å². The van der Waals surface area contributed by atoms with Gasteiger partial charge in [-0.25, -0.2) is 26.3 Å². The quantitative estimate of drug-likeness (QED) is 0.225. The Balaban J connectivity index is 0.00000156. The van der Waals surface area contributed by atoms with Crippen LogP contribution in [0.25, 0.3) is 32.3 Å². The van der Waals surface area contributed by atoms with E-state index in [1.54, 1.807) is 0 Å². The molecule has 0 unspecified atom stereocenters. The molecule has 0 bridgehead atoms. The molecule has 4 aromatic carbocycles. The second-order valence-corrected chi connectivity index (χ2v) is 4.95. The van der Waals surface area contributed by atoms with Gasteiger partial charge in [-0.2, -0.15) is 0 Å². The first-order valence-electron chi connectivity index (χ1n) is 6.21. The first-order valence-corrected chi connectivity index (χ1v) is 6.21. The molecule has 4 rings (SSSR count). The highest BCUT2D eigenvalue weighted by Gasteiger charge is 2.27. The largest absolute Gasteiger partial charge is 0.269 e. The van der Waals surface area contributed by atoms with Gasteiger partial charge >= 0.3 is 0 Å². The van der Waals surface area contributed by atoms with E-state index in [1.165, 1.54) is 12.1 Å². The second-order valence-electron chi connectivity index (χ2n) is 4.95. The van der Waals surface area contributed by atoms with E-state index < -0.39 is 51.1 Å². The second kappa shape index (κ2) is 4.71. The maximum atomic E-state index is 14.1. The lowest BCUT2D eigenvalue weighted by Crippen LogP contribution is -2.02. The summed E-state index contributed by atoms with van der Waals surface area (Å²) in [5.41, 5.74) is 0. The van der Waals surface area contributed by atoms with Crippen LogP contribution in [0.1, 0.15) is 0 Å². The van der Waals surface area contributed by atoms with Crippen LogP contribution < -0.4 is 0 Å². The summed E-state index contributed by atoms with van der Waals surface area (Å²) in [6, 6.07) is 4.63. The molecular formula is C16H5F7. The molecule has 0 N–H and O–H groups in total. The van der Waals surface area contributed by atoms with Crippen LogP contribution >= 0.6 is 0 Å². The van der Waals surface area contributed by atoms with Gasteiger partial charge in [-0.05, 0) is 11.5 Å². The first-order chi connectivity index (χ1) is 10.4. The van der Waals surface area contributed by atoms with Crippen LogP contribution in [0.15, 0.2) is 24.3 Å². The lowest BCUT2D eigenvalue weighted by Gasteiger charge is -2.14. The Labute approximate surface area is 123 Å². The number of hydrogen-bond acceptors (Lipinski definition) is 0. The molecule has 7 heteroatoms. The molecule has 0 aliphatic heterocycles. The van der Waals surface area contributed by atoms with Crippen molar-refractivity contribution in [3.05, 3.63) is 59.2 Å². The summed E-state index contributed by atoms with van der Waals surface area (Å²) in [4.78, 5) is 0. The Morgan fingerprint density at radius 2 is 1.04 bits per heavy atom. The van der Waals surface area contributed by atoms with E-state index in [9.17, 15) is 26.3 Å². The molecule has 0 saturated carbocycles. The summed E-state index contributed by atoms with van der Waals surface area (Å²) in [5.74, 6) is -9.70. The summed E-state index contributed by atoms with van der Waals surface area (Å²) >= 11 is 0. The highest BCUT2D eigenvalue weighted by molar-refractivity contribution is 6.23. The summed E-state index contributed by atoms with van der Waals surface area (Å²) in [7, 11) is 0. The summed E-state index contributed by atoms with van der Waals surface area (Å²) < 4.78 is 83.5. The number of hydrogen-bond donors (Lipinski definition) is 0. The Hall–Kier alpha value is -2.57. The Morgan fingerprint density at radius 3 is 1.74 bits per heavy atom. The fourth-order valence-electron chi connectivity index (χ4n) is 2.91. The molecule has 0 spiro atoms. The fourth-order valence-corrected chi connectivity index (χ4v) is 2.91. The van der Waals surface area contributed by atoms with Gasteiger partial charge in [-0.1, -0.05) is 18.2 Å². The monoisotopic (exact) mass is 330 g/mol. The molecule has 118 valence electrons. The van der Waals surface area contributed by atoms with Gasteiger partial charge in [0.25, 0.3) is 0 Å². The lowest BCUT2D eigenvalue weighted by molar-refractivity contribution is 0.453. The molecule has 0 atom stereocenters. The van der Waals surface area contributed by atoms with E-state index in [4.69, 9.17) is 0 Å². The van der Waals surface area contributed by atoms with Crippen molar-refractivity contribution in [3.8, 4) is 0 Å². The van der Waals surface area contributed by atoms with Crippen molar-refractivity contribution >= 4 is 32.3 Å². The van der Waals surface area contributed by atoms with Crippen molar-refractivity contribution in [2.45, 2.75) is 0 Å². The van der Waals surface area contributed by atoms with Gasteiger partial charge in [-0.3, -0.25) is 4.70 Å². The van der Waals surface area contributed by atoms with Crippen molar-refractivity contribution in [3.63, 3.8) is 0 Å². The molecule has 0 aromatic heterocycles. The molecule has 0 aliphatic rings. The first kappa shape index (κ1) is 15.3. The normalized spacial score (nSPS) is 11.6. The van der Waals surface area contributed by atoms with Gasteiger partial charge in [0, 0.05) is 16.2 Å². The smallest absolute Gasteiger partial charge is 0.195 e. The van der Waals surface area contributed by atoms with E-state index in [1.807, 2.05) is 0 Å². The number of rotatable bonds is 0. The molecule has 0 saturated heterocycles. The average molecular weight is 330 g/mol. The van der Waals surface area contributed by atoms with E-state index in [-0.39, 0.29) is 20.9 Å². The Morgan fingerprint density at radius 1 is 0.478 bits per heavy atom. The Bertz CT molecular complexity index is 1090. The minimum Gasteiger partial charge on any atom is -0.269 e. The van der Waals surface area contributed by atoms with Crippen LogP contribution in [0.3, 0.4) is 0 Å². The van der Waals surface area contributed by atoms with Crippen molar-refractivity contribution < 1.29 is 31.0 Å². The third-order valence-electron chi connectivity index (χ3n) is 3.86. The molecule has 0 fully saturated rings. The van der Waals surface area contributed by atoms with Crippen molar-refractivity contribution in [1.29, 1.82) is 0 Å². The summed E-state index contributed by atoms with van der Waals surface area (Å²) in [6.07, 6.45) is 0. The molecule has 0 nitrogen and oxygen atoms in total. The van der Waals surface area contributed by atoms with Gasteiger partial charge in [0.05, 0.1) is 10.8 Å². The number of benzene rings is 4. The van der Waals surface area contributed by atoms with Crippen molar-refractivity contribution in [1.82, 2.24) is 0 Å². The summed E-state index contributed by atoms with van der Waals surface area (Å²) in [6.45, 7) is 0. The van der Waals surface area contributed by atoms with E-state index >= 15 is 0 Å². The molecule has 0 aliphatic carbocycles. The predicted octanol–water partition coefficient (Wildman–Crippen LogP) is 5.57. The topological polar surface area (TPSA) is 0 Å². The molecule has 0 amide bonds. The lowest BCUT2D eigenvalue weighted by atomic mass is 9.92.